The Morgan fingerprint density at radius 3 is 1.94 bits per heavy atom. The van der Waals surface area contributed by atoms with Crippen molar-refractivity contribution in [1.29, 1.82) is 0 Å². The van der Waals surface area contributed by atoms with Crippen LogP contribution in [0.15, 0.2) is 12.1 Å². The Kier molecular flexibility index (Phi) is 5.78. The third-order valence-corrected chi connectivity index (χ3v) is 3.15. The number of hydrogen-bond donors (Lipinski definition) is 1. The molecule has 0 aromatic heterocycles. The third kappa shape index (κ3) is 3.29. The Labute approximate surface area is 108 Å². The van der Waals surface area contributed by atoms with Crippen molar-refractivity contribution < 1.29 is 19.3 Å². The Morgan fingerprint density at radius 1 is 1.06 bits per heavy atom. The number of ether oxygens (including phenoxy) is 3. The first-order valence-electron chi connectivity index (χ1n) is 6.09. The quantitative estimate of drug-likeness (QED) is 0.811. The summed E-state index contributed by atoms with van der Waals surface area (Å²) in [5.74, 6) is 2.38. The fourth-order valence-corrected chi connectivity index (χ4v) is 1.91. The van der Waals surface area contributed by atoms with Crippen molar-refractivity contribution in [3.63, 3.8) is 0 Å². The van der Waals surface area contributed by atoms with Gasteiger partial charge in [0.05, 0.1) is 21.3 Å². The van der Waals surface area contributed by atoms with Gasteiger partial charge in [0.1, 0.15) is 17.2 Å². The summed E-state index contributed by atoms with van der Waals surface area (Å²) in [6.07, 6.45) is 1.64. The summed E-state index contributed by atoms with van der Waals surface area (Å²) in [6.45, 7) is 2.22. The molecule has 0 fully saturated rings. The second kappa shape index (κ2) is 7.11. The fraction of sp³-hybridized carbons (Fsp3) is 0.571. The molecule has 1 atom stereocenters. The lowest BCUT2D eigenvalue weighted by atomic mass is 9.96. The van der Waals surface area contributed by atoms with E-state index in [1.54, 1.807) is 21.3 Å². The predicted octanol–water partition coefficient (Wildman–Crippen LogP) is 2.27. The molecule has 0 aliphatic rings. The average Bonchev–Trinajstić information content (AvgIpc) is 2.43. The van der Waals surface area contributed by atoms with Gasteiger partial charge in [-0.2, -0.15) is 0 Å². The zero-order valence-corrected chi connectivity index (χ0v) is 11.5. The predicted molar refractivity (Wildman–Crippen MR) is 70.7 cm³/mol. The number of hydrogen-bond acceptors (Lipinski definition) is 4. The van der Waals surface area contributed by atoms with Gasteiger partial charge >= 0.3 is 0 Å². The lowest BCUT2D eigenvalue weighted by Gasteiger charge is -2.18. The van der Waals surface area contributed by atoms with Crippen LogP contribution in [0.1, 0.15) is 18.9 Å². The highest BCUT2D eigenvalue weighted by Crippen LogP contribution is 2.35. The lowest BCUT2D eigenvalue weighted by molar-refractivity contribution is 0.220. The van der Waals surface area contributed by atoms with E-state index in [9.17, 15) is 5.11 Å². The van der Waals surface area contributed by atoms with E-state index in [1.807, 2.05) is 12.1 Å². The Bertz CT molecular complexity index is 347. The van der Waals surface area contributed by atoms with Gasteiger partial charge in [-0.15, -0.1) is 0 Å². The fourth-order valence-electron chi connectivity index (χ4n) is 1.91. The number of aliphatic hydroxyl groups excluding tert-OH is 1. The molecule has 1 aromatic rings. The first-order chi connectivity index (χ1) is 8.69. The molecule has 102 valence electrons. The minimum absolute atomic E-state index is 0.162. The minimum atomic E-state index is 0.162. The van der Waals surface area contributed by atoms with Crippen LogP contribution in [0.3, 0.4) is 0 Å². The van der Waals surface area contributed by atoms with Crippen LogP contribution in [0.25, 0.3) is 0 Å². The molecule has 0 radical (unpaired) electrons. The molecule has 0 heterocycles. The van der Waals surface area contributed by atoms with Gasteiger partial charge < -0.3 is 19.3 Å². The number of benzene rings is 1. The monoisotopic (exact) mass is 254 g/mol. The summed E-state index contributed by atoms with van der Waals surface area (Å²) >= 11 is 0. The van der Waals surface area contributed by atoms with Gasteiger partial charge in [-0.05, 0) is 12.3 Å². The summed E-state index contributed by atoms with van der Waals surface area (Å²) in [6, 6.07) is 3.67. The van der Waals surface area contributed by atoms with Crippen molar-refractivity contribution in [2.45, 2.75) is 19.8 Å². The topological polar surface area (TPSA) is 47.9 Å². The Hall–Kier alpha value is -1.42. The largest absolute Gasteiger partial charge is 0.496 e. The van der Waals surface area contributed by atoms with Crippen LogP contribution in [0.2, 0.25) is 0 Å². The molecule has 0 aliphatic carbocycles. The summed E-state index contributed by atoms with van der Waals surface area (Å²) < 4.78 is 16.0. The Balaban J connectivity index is 3.13. The molecule has 1 N–H and O–H groups in total. The van der Waals surface area contributed by atoms with Crippen LogP contribution in [-0.4, -0.2) is 33.0 Å². The normalized spacial score (nSPS) is 12.1. The summed E-state index contributed by atoms with van der Waals surface area (Å²) in [5, 5.41) is 9.31. The van der Waals surface area contributed by atoms with Gasteiger partial charge in [0.15, 0.2) is 0 Å². The van der Waals surface area contributed by atoms with Crippen LogP contribution >= 0.6 is 0 Å². The van der Waals surface area contributed by atoms with E-state index in [-0.39, 0.29) is 12.5 Å². The van der Waals surface area contributed by atoms with Crippen molar-refractivity contribution in [3.8, 4) is 17.2 Å². The molecule has 4 heteroatoms. The molecule has 0 saturated heterocycles. The third-order valence-electron chi connectivity index (χ3n) is 3.15. The maximum atomic E-state index is 9.31. The van der Waals surface area contributed by atoms with E-state index in [4.69, 9.17) is 14.2 Å². The summed E-state index contributed by atoms with van der Waals surface area (Å²) in [4.78, 5) is 0. The highest BCUT2D eigenvalue weighted by atomic mass is 16.5. The lowest BCUT2D eigenvalue weighted by Crippen LogP contribution is -2.10. The molecule has 1 unspecified atom stereocenters. The van der Waals surface area contributed by atoms with E-state index in [0.29, 0.717) is 5.75 Å². The standard InChI is InChI=1S/C14H22O4/c1-5-10(9-15)6-12-13(17-3)7-11(16-2)8-14(12)18-4/h7-8,10,15H,5-6,9H2,1-4H3. The van der Waals surface area contributed by atoms with E-state index >= 15 is 0 Å². The van der Waals surface area contributed by atoms with Gasteiger partial charge in [0, 0.05) is 24.3 Å². The molecule has 0 spiro atoms. The van der Waals surface area contributed by atoms with E-state index in [2.05, 4.69) is 6.92 Å². The zero-order chi connectivity index (χ0) is 13.5. The van der Waals surface area contributed by atoms with Crippen molar-refractivity contribution >= 4 is 0 Å². The number of aliphatic hydroxyl groups is 1. The molecule has 0 amide bonds. The van der Waals surface area contributed by atoms with Crippen molar-refractivity contribution in [2.24, 2.45) is 5.92 Å². The second-order valence-corrected chi connectivity index (χ2v) is 4.17. The van der Waals surface area contributed by atoms with Crippen LogP contribution in [0.5, 0.6) is 17.2 Å². The van der Waals surface area contributed by atoms with Gasteiger partial charge in [-0.25, -0.2) is 0 Å². The summed E-state index contributed by atoms with van der Waals surface area (Å²) in [5.41, 5.74) is 0.974. The summed E-state index contributed by atoms with van der Waals surface area (Å²) in [7, 11) is 4.85. The molecule has 1 aromatic carbocycles. The molecule has 0 aliphatic heterocycles. The molecular weight excluding hydrogens is 232 g/mol. The Morgan fingerprint density at radius 2 is 1.61 bits per heavy atom. The van der Waals surface area contributed by atoms with E-state index in [1.165, 1.54) is 0 Å². The molecule has 0 saturated carbocycles. The number of methoxy groups -OCH3 is 3. The maximum Gasteiger partial charge on any atom is 0.129 e. The highest BCUT2D eigenvalue weighted by Gasteiger charge is 2.17. The van der Waals surface area contributed by atoms with E-state index in [0.717, 1.165) is 29.9 Å². The molecular formula is C14H22O4. The van der Waals surface area contributed by atoms with Gasteiger partial charge in [-0.1, -0.05) is 13.3 Å². The van der Waals surface area contributed by atoms with Crippen LogP contribution in [0.4, 0.5) is 0 Å². The van der Waals surface area contributed by atoms with Crippen LogP contribution in [0, 0.1) is 5.92 Å². The molecule has 1 rings (SSSR count). The molecule has 0 bridgehead atoms. The zero-order valence-electron chi connectivity index (χ0n) is 11.5. The van der Waals surface area contributed by atoms with E-state index < -0.39 is 0 Å². The van der Waals surface area contributed by atoms with Crippen LogP contribution < -0.4 is 14.2 Å². The average molecular weight is 254 g/mol. The second-order valence-electron chi connectivity index (χ2n) is 4.17. The van der Waals surface area contributed by atoms with Crippen molar-refractivity contribution in [1.82, 2.24) is 0 Å². The number of rotatable bonds is 7. The molecule has 18 heavy (non-hydrogen) atoms. The van der Waals surface area contributed by atoms with Gasteiger partial charge in [0.25, 0.3) is 0 Å². The van der Waals surface area contributed by atoms with Gasteiger partial charge in [-0.3, -0.25) is 0 Å². The van der Waals surface area contributed by atoms with Crippen molar-refractivity contribution in [3.05, 3.63) is 17.7 Å². The van der Waals surface area contributed by atoms with Crippen LogP contribution in [-0.2, 0) is 6.42 Å². The first-order valence-corrected chi connectivity index (χ1v) is 6.09. The maximum absolute atomic E-state index is 9.31. The smallest absolute Gasteiger partial charge is 0.129 e. The van der Waals surface area contributed by atoms with Gasteiger partial charge in [0.2, 0.25) is 0 Å². The molecule has 4 nitrogen and oxygen atoms in total. The van der Waals surface area contributed by atoms with Crippen molar-refractivity contribution in [2.75, 3.05) is 27.9 Å². The first kappa shape index (κ1) is 14.6. The minimum Gasteiger partial charge on any atom is -0.496 e. The highest BCUT2D eigenvalue weighted by molar-refractivity contribution is 5.50. The SMILES string of the molecule is CCC(CO)Cc1c(OC)cc(OC)cc1OC.